The third-order valence-corrected chi connectivity index (χ3v) is 4.82. The van der Waals surface area contributed by atoms with E-state index in [-0.39, 0.29) is 30.1 Å². The van der Waals surface area contributed by atoms with Crippen LogP contribution in [0.2, 0.25) is 0 Å². The number of rotatable bonds is 7. The third-order valence-electron chi connectivity index (χ3n) is 4.82. The second-order valence-electron chi connectivity index (χ2n) is 8.42. The Bertz CT molecular complexity index is 726. The number of guanidine groups is 1. The first-order valence-corrected chi connectivity index (χ1v) is 10.6. The molecular weight excluding hydrogens is 507 g/mol. The van der Waals surface area contributed by atoms with Crippen LogP contribution in [0.5, 0.6) is 5.75 Å². The molecule has 2 rings (SSSR count). The summed E-state index contributed by atoms with van der Waals surface area (Å²) in [6, 6.07) is 7.94. The Morgan fingerprint density at radius 1 is 1.26 bits per heavy atom. The molecule has 0 aromatic heterocycles. The van der Waals surface area contributed by atoms with E-state index in [9.17, 15) is 4.79 Å². The Labute approximate surface area is 203 Å². The van der Waals surface area contributed by atoms with E-state index < -0.39 is 5.60 Å². The fourth-order valence-electron chi connectivity index (χ4n) is 3.23. The van der Waals surface area contributed by atoms with Crippen LogP contribution in [-0.2, 0) is 11.3 Å². The van der Waals surface area contributed by atoms with Crippen LogP contribution in [0.1, 0.15) is 39.2 Å². The lowest BCUT2D eigenvalue weighted by atomic mass is 9.97. The topological polar surface area (TPSA) is 75.2 Å². The van der Waals surface area contributed by atoms with Crippen molar-refractivity contribution in [2.75, 3.05) is 33.3 Å². The number of piperidine rings is 1. The molecule has 1 aliphatic heterocycles. The van der Waals surface area contributed by atoms with Crippen molar-refractivity contribution >= 4 is 36.0 Å². The Morgan fingerprint density at radius 3 is 2.55 bits per heavy atom. The van der Waals surface area contributed by atoms with Gasteiger partial charge >= 0.3 is 6.09 Å². The number of benzene rings is 1. The third kappa shape index (κ3) is 9.80. The van der Waals surface area contributed by atoms with Gasteiger partial charge in [0.15, 0.2) is 5.96 Å². The molecule has 174 valence electrons. The first kappa shape index (κ1) is 27.1. The maximum absolute atomic E-state index is 12.2. The number of hydrogen-bond acceptors (Lipinski definition) is 4. The quantitative estimate of drug-likeness (QED) is 0.233. The van der Waals surface area contributed by atoms with Gasteiger partial charge in [0.2, 0.25) is 0 Å². The Hall–Kier alpha value is -1.97. The van der Waals surface area contributed by atoms with Gasteiger partial charge in [0, 0.05) is 38.8 Å². The van der Waals surface area contributed by atoms with Gasteiger partial charge in [-0.2, -0.15) is 0 Å². The van der Waals surface area contributed by atoms with Gasteiger partial charge in [-0.1, -0.05) is 30.9 Å². The van der Waals surface area contributed by atoms with Gasteiger partial charge in [-0.05, 0) is 45.6 Å². The summed E-state index contributed by atoms with van der Waals surface area (Å²) in [6.07, 6.45) is 3.41. The Morgan fingerprint density at radius 2 is 1.94 bits per heavy atom. The van der Waals surface area contributed by atoms with Crippen molar-refractivity contribution in [3.8, 4) is 5.75 Å². The Balaban J connectivity index is 0.00000480. The molecule has 31 heavy (non-hydrogen) atoms. The fraction of sp³-hybridized carbons (Fsp3) is 0.565. The highest BCUT2D eigenvalue weighted by atomic mass is 127. The van der Waals surface area contributed by atoms with Gasteiger partial charge in [-0.25, -0.2) is 4.79 Å². The second-order valence-corrected chi connectivity index (χ2v) is 8.42. The van der Waals surface area contributed by atoms with Crippen molar-refractivity contribution < 1.29 is 14.3 Å². The number of hydrogen-bond donors (Lipinski definition) is 2. The van der Waals surface area contributed by atoms with Crippen molar-refractivity contribution in [1.29, 1.82) is 0 Å². The zero-order valence-corrected chi connectivity index (χ0v) is 21.5. The molecule has 1 aromatic rings. The van der Waals surface area contributed by atoms with E-state index in [0.29, 0.717) is 19.1 Å². The summed E-state index contributed by atoms with van der Waals surface area (Å²) in [4.78, 5) is 18.3. The number of para-hydroxylation sites is 1. The summed E-state index contributed by atoms with van der Waals surface area (Å²) in [5.41, 5.74) is 0.608. The number of amides is 1. The van der Waals surface area contributed by atoms with Crippen molar-refractivity contribution in [2.45, 2.75) is 45.8 Å². The minimum Gasteiger partial charge on any atom is -0.489 e. The largest absolute Gasteiger partial charge is 0.489 e. The SMILES string of the molecule is C=CCOc1ccccc1CNC(=NC)NCC1CCN(C(=O)OC(C)(C)C)CC1.I. The molecule has 1 aromatic carbocycles. The number of ether oxygens (including phenoxy) is 2. The van der Waals surface area contributed by atoms with Crippen molar-refractivity contribution in [1.82, 2.24) is 15.5 Å². The van der Waals surface area contributed by atoms with Crippen LogP contribution >= 0.6 is 24.0 Å². The molecule has 1 heterocycles. The van der Waals surface area contributed by atoms with Crippen LogP contribution in [-0.4, -0.2) is 55.8 Å². The summed E-state index contributed by atoms with van der Waals surface area (Å²) < 4.78 is 11.2. The average molecular weight is 544 g/mol. The summed E-state index contributed by atoms with van der Waals surface area (Å²) in [7, 11) is 1.76. The number of carbonyl (C=O) groups is 1. The van der Waals surface area contributed by atoms with Gasteiger partial charge in [-0.15, -0.1) is 24.0 Å². The normalized spacial score (nSPS) is 15.0. The molecule has 1 amide bonds. The zero-order chi connectivity index (χ0) is 22.0. The predicted molar refractivity (Wildman–Crippen MR) is 136 cm³/mol. The number of nitrogens with zero attached hydrogens (tertiary/aromatic N) is 2. The lowest BCUT2D eigenvalue weighted by Gasteiger charge is -2.33. The summed E-state index contributed by atoms with van der Waals surface area (Å²) in [5.74, 6) is 2.09. The van der Waals surface area contributed by atoms with E-state index in [0.717, 1.165) is 49.7 Å². The van der Waals surface area contributed by atoms with Crippen LogP contribution < -0.4 is 15.4 Å². The van der Waals surface area contributed by atoms with E-state index in [1.165, 1.54) is 0 Å². The summed E-state index contributed by atoms with van der Waals surface area (Å²) >= 11 is 0. The molecule has 1 aliphatic rings. The van der Waals surface area contributed by atoms with Crippen LogP contribution in [0.15, 0.2) is 41.9 Å². The zero-order valence-electron chi connectivity index (χ0n) is 19.1. The maximum Gasteiger partial charge on any atom is 0.410 e. The number of halogens is 1. The number of likely N-dealkylation sites (tertiary alicyclic amines) is 1. The highest BCUT2D eigenvalue weighted by Gasteiger charge is 2.26. The van der Waals surface area contributed by atoms with E-state index >= 15 is 0 Å². The molecule has 7 nitrogen and oxygen atoms in total. The Kier molecular flexibility index (Phi) is 11.7. The lowest BCUT2D eigenvalue weighted by Crippen LogP contribution is -2.45. The minimum absolute atomic E-state index is 0. The minimum atomic E-state index is -0.455. The average Bonchev–Trinajstić information content (AvgIpc) is 2.72. The smallest absolute Gasteiger partial charge is 0.410 e. The molecule has 0 unspecified atom stereocenters. The first-order valence-electron chi connectivity index (χ1n) is 10.6. The maximum atomic E-state index is 12.2. The molecule has 0 radical (unpaired) electrons. The molecule has 0 saturated carbocycles. The molecule has 1 saturated heterocycles. The molecule has 2 N–H and O–H groups in total. The summed E-state index contributed by atoms with van der Waals surface area (Å²) in [6.45, 7) is 12.7. The van der Waals surface area contributed by atoms with Gasteiger partial charge in [0.05, 0.1) is 0 Å². The van der Waals surface area contributed by atoms with Crippen molar-refractivity contribution in [2.24, 2.45) is 10.9 Å². The molecular formula is C23H37IN4O3. The van der Waals surface area contributed by atoms with E-state index in [1.54, 1.807) is 18.0 Å². The van der Waals surface area contributed by atoms with Crippen molar-refractivity contribution in [3.05, 3.63) is 42.5 Å². The van der Waals surface area contributed by atoms with Crippen LogP contribution in [0.4, 0.5) is 4.79 Å². The van der Waals surface area contributed by atoms with Crippen LogP contribution in [0.25, 0.3) is 0 Å². The van der Waals surface area contributed by atoms with Gasteiger partial charge in [-0.3, -0.25) is 4.99 Å². The standard InChI is InChI=1S/C23H36N4O3.HI/c1-6-15-29-20-10-8-7-9-19(20)17-26-21(24-5)25-16-18-11-13-27(14-12-18)22(28)30-23(2,3)4;/h6-10,18H,1,11-17H2,2-5H3,(H2,24,25,26);1H. The monoisotopic (exact) mass is 544 g/mol. The van der Waals surface area contributed by atoms with E-state index in [2.05, 4.69) is 22.2 Å². The molecule has 0 spiro atoms. The highest BCUT2D eigenvalue weighted by molar-refractivity contribution is 14.0. The lowest BCUT2D eigenvalue weighted by molar-refractivity contribution is 0.0185. The van der Waals surface area contributed by atoms with Gasteiger partial charge in [0.25, 0.3) is 0 Å². The molecule has 0 atom stereocenters. The van der Waals surface area contributed by atoms with Crippen molar-refractivity contribution in [3.63, 3.8) is 0 Å². The first-order chi connectivity index (χ1) is 14.3. The predicted octanol–water partition coefficient (Wildman–Crippen LogP) is 4.18. The number of carbonyl (C=O) groups excluding carboxylic acids is 1. The highest BCUT2D eigenvalue weighted by Crippen LogP contribution is 2.20. The van der Waals surface area contributed by atoms with E-state index in [1.807, 2.05) is 45.0 Å². The number of nitrogens with one attached hydrogen (secondary N) is 2. The molecule has 0 aliphatic carbocycles. The van der Waals surface area contributed by atoms with Gasteiger partial charge < -0.3 is 25.0 Å². The second kappa shape index (κ2) is 13.4. The van der Waals surface area contributed by atoms with Crippen LogP contribution in [0, 0.1) is 5.92 Å². The number of aliphatic imine (C=N–C) groups is 1. The molecule has 0 bridgehead atoms. The fourth-order valence-corrected chi connectivity index (χ4v) is 3.23. The summed E-state index contributed by atoms with van der Waals surface area (Å²) in [5, 5.41) is 6.74. The molecule has 1 fully saturated rings. The van der Waals surface area contributed by atoms with Crippen LogP contribution in [0.3, 0.4) is 0 Å². The molecule has 8 heteroatoms. The van der Waals surface area contributed by atoms with E-state index in [4.69, 9.17) is 9.47 Å². The van der Waals surface area contributed by atoms with Gasteiger partial charge in [0.1, 0.15) is 18.0 Å².